The number of aromatic nitrogens is 4. The Bertz CT molecular complexity index is 474. The van der Waals surface area contributed by atoms with E-state index in [-0.39, 0.29) is 0 Å². The molecule has 16 heavy (non-hydrogen) atoms. The maximum atomic E-state index is 4.24. The monoisotopic (exact) mass is 219 g/mol. The minimum absolute atomic E-state index is 0.638. The molecule has 2 aromatic heterocycles. The molecule has 0 aromatic carbocycles. The smallest absolute Gasteiger partial charge is 0.163 e. The molecule has 2 heterocycles. The van der Waals surface area contributed by atoms with Gasteiger partial charge in [0.15, 0.2) is 11.5 Å². The van der Waals surface area contributed by atoms with Crippen molar-refractivity contribution in [2.24, 2.45) is 5.92 Å². The third-order valence-corrected chi connectivity index (χ3v) is 2.34. The summed E-state index contributed by atoms with van der Waals surface area (Å²) in [4.78, 5) is 4.24. The normalized spacial score (nSPS) is 11.5. The molecule has 5 heteroatoms. The Morgan fingerprint density at radius 3 is 2.94 bits per heavy atom. The van der Waals surface area contributed by atoms with Gasteiger partial charge in [-0.3, -0.25) is 4.40 Å². The first kappa shape index (κ1) is 11.0. The van der Waals surface area contributed by atoms with Gasteiger partial charge in [-0.15, -0.1) is 10.2 Å². The fourth-order valence-corrected chi connectivity index (χ4v) is 1.53. The predicted molar refractivity (Wildman–Crippen MR) is 62.1 cm³/mol. The highest BCUT2D eigenvalue weighted by Crippen LogP contribution is 2.03. The second-order valence-electron chi connectivity index (χ2n) is 4.40. The Morgan fingerprint density at radius 1 is 1.38 bits per heavy atom. The van der Waals surface area contributed by atoms with Gasteiger partial charge in [-0.05, 0) is 19.4 Å². The Kier molecular flexibility index (Phi) is 3.14. The maximum Gasteiger partial charge on any atom is 0.163 e. The molecule has 0 saturated heterocycles. The lowest BCUT2D eigenvalue weighted by molar-refractivity contribution is 0.541. The summed E-state index contributed by atoms with van der Waals surface area (Å²) >= 11 is 0. The van der Waals surface area contributed by atoms with Gasteiger partial charge in [0.25, 0.3) is 0 Å². The van der Waals surface area contributed by atoms with Gasteiger partial charge in [-0.2, -0.15) is 0 Å². The highest BCUT2D eigenvalue weighted by atomic mass is 15.3. The van der Waals surface area contributed by atoms with Crippen molar-refractivity contribution in [2.75, 3.05) is 6.54 Å². The second-order valence-corrected chi connectivity index (χ2v) is 4.40. The number of hydrogen-bond donors (Lipinski definition) is 1. The van der Waals surface area contributed by atoms with Crippen LogP contribution in [0.25, 0.3) is 5.65 Å². The molecule has 0 aliphatic rings. The van der Waals surface area contributed by atoms with Crippen molar-refractivity contribution in [3.63, 3.8) is 0 Å². The Hall–Kier alpha value is -1.49. The van der Waals surface area contributed by atoms with Crippen LogP contribution in [0.2, 0.25) is 0 Å². The highest BCUT2D eigenvalue weighted by molar-refractivity contribution is 5.37. The van der Waals surface area contributed by atoms with Crippen LogP contribution in [0, 0.1) is 12.8 Å². The maximum absolute atomic E-state index is 4.24. The van der Waals surface area contributed by atoms with E-state index >= 15 is 0 Å². The number of hydrogen-bond acceptors (Lipinski definition) is 4. The second kappa shape index (κ2) is 4.57. The van der Waals surface area contributed by atoms with E-state index in [9.17, 15) is 0 Å². The van der Waals surface area contributed by atoms with Gasteiger partial charge in [0, 0.05) is 11.8 Å². The van der Waals surface area contributed by atoms with Crippen LogP contribution >= 0.6 is 0 Å². The lowest BCUT2D eigenvalue weighted by Gasteiger charge is -2.05. The summed E-state index contributed by atoms with van der Waals surface area (Å²) in [5.41, 5.74) is 1.82. The van der Waals surface area contributed by atoms with Crippen molar-refractivity contribution < 1.29 is 0 Å². The van der Waals surface area contributed by atoms with Crippen LogP contribution in [-0.2, 0) is 6.54 Å². The molecular formula is C11H17N5. The molecule has 0 unspecified atom stereocenters. The molecule has 0 atom stereocenters. The van der Waals surface area contributed by atoms with Crippen LogP contribution in [-0.4, -0.2) is 26.1 Å². The molecule has 2 aromatic rings. The Balaban J connectivity index is 2.13. The number of nitrogens with one attached hydrogen (secondary N) is 1. The molecule has 0 aliphatic heterocycles. The molecule has 0 saturated carbocycles. The van der Waals surface area contributed by atoms with Gasteiger partial charge in [-0.25, -0.2) is 4.98 Å². The summed E-state index contributed by atoms with van der Waals surface area (Å²) in [6, 6.07) is 1.93. The molecule has 5 nitrogen and oxygen atoms in total. The van der Waals surface area contributed by atoms with Gasteiger partial charge in [0.2, 0.25) is 0 Å². The number of fused-ring (bicyclic) bond motifs is 1. The Morgan fingerprint density at radius 2 is 2.19 bits per heavy atom. The molecule has 0 bridgehead atoms. The average Bonchev–Trinajstić information content (AvgIpc) is 2.60. The number of nitrogens with zero attached hydrogens (tertiary/aromatic N) is 4. The minimum atomic E-state index is 0.638. The summed E-state index contributed by atoms with van der Waals surface area (Å²) in [7, 11) is 0. The van der Waals surface area contributed by atoms with Gasteiger partial charge in [0.05, 0.1) is 6.54 Å². The van der Waals surface area contributed by atoms with Crippen LogP contribution in [0.1, 0.15) is 25.4 Å². The molecule has 2 rings (SSSR count). The molecular weight excluding hydrogens is 202 g/mol. The molecule has 0 fully saturated rings. The van der Waals surface area contributed by atoms with Crippen LogP contribution in [0.5, 0.6) is 0 Å². The lowest BCUT2D eigenvalue weighted by Crippen LogP contribution is -2.20. The van der Waals surface area contributed by atoms with E-state index in [0.29, 0.717) is 5.92 Å². The van der Waals surface area contributed by atoms with E-state index in [1.54, 1.807) is 6.33 Å². The highest BCUT2D eigenvalue weighted by Gasteiger charge is 2.05. The summed E-state index contributed by atoms with van der Waals surface area (Å²) in [6.45, 7) is 8.02. The van der Waals surface area contributed by atoms with Gasteiger partial charge in [0.1, 0.15) is 6.33 Å². The largest absolute Gasteiger partial charge is 0.310 e. The summed E-state index contributed by atoms with van der Waals surface area (Å²) in [5, 5.41) is 11.6. The minimum Gasteiger partial charge on any atom is -0.310 e. The van der Waals surface area contributed by atoms with Crippen molar-refractivity contribution in [1.82, 2.24) is 24.9 Å². The lowest BCUT2D eigenvalue weighted by atomic mass is 10.2. The third kappa shape index (κ3) is 2.36. The van der Waals surface area contributed by atoms with Crippen molar-refractivity contribution in [3.8, 4) is 0 Å². The first-order chi connectivity index (χ1) is 7.66. The number of aryl methyl sites for hydroxylation is 1. The third-order valence-electron chi connectivity index (χ3n) is 2.34. The fourth-order valence-electron chi connectivity index (χ4n) is 1.53. The van der Waals surface area contributed by atoms with E-state index in [1.807, 2.05) is 17.4 Å². The zero-order valence-electron chi connectivity index (χ0n) is 9.94. The summed E-state index contributed by atoms with van der Waals surface area (Å²) < 4.78 is 1.92. The molecule has 0 amide bonds. The zero-order valence-corrected chi connectivity index (χ0v) is 9.94. The first-order valence-corrected chi connectivity index (χ1v) is 5.54. The molecule has 0 radical (unpaired) electrons. The average molecular weight is 219 g/mol. The van der Waals surface area contributed by atoms with Gasteiger partial charge < -0.3 is 5.32 Å². The SMILES string of the molecule is Cc1cc2nnc(CNCC(C)C)n2cn1. The zero-order chi connectivity index (χ0) is 11.5. The van der Waals surface area contributed by atoms with Gasteiger partial charge in [-0.1, -0.05) is 13.8 Å². The molecule has 0 aliphatic carbocycles. The van der Waals surface area contributed by atoms with E-state index in [1.165, 1.54) is 0 Å². The van der Waals surface area contributed by atoms with Gasteiger partial charge >= 0.3 is 0 Å². The van der Waals surface area contributed by atoms with Crippen molar-refractivity contribution in [3.05, 3.63) is 23.9 Å². The quantitative estimate of drug-likeness (QED) is 0.839. The van der Waals surface area contributed by atoms with Crippen LogP contribution in [0.4, 0.5) is 0 Å². The fraction of sp³-hybridized carbons (Fsp3) is 0.545. The van der Waals surface area contributed by atoms with Crippen LogP contribution in [0.3, 0.4) is 0 Å². The van der Waals surface area contributed by atoms with E-state index in [2.05, 4.69) is 34.3 Å². The Labute approximate surface area is 94.9 Å². The summed E-state index contributed by atoms with van der Waals surface area (Å²) in [6.07, 6.45) is 1.77. The summed E-state index contributed by atoms with van der Waals surface area (Å²) in [5.74, 6) is 1.54. The van der Waals surface area contributed by atoms with Crippen molar-refractivity contribution in [2.45, 2.75) is 27.3 Å². The van der Waals surface area contributed by atoms with Crippen molar-refractivity contribution in [1.29, 1.82) is 0 Å². The van der Waals surface area contributed by atoms with Crippen LogP contribution in [0.15, 0.2) is 12.4 Å². The topological polar surface area (TPSA) is 55.1 Å². The first-order valence-electron chi connectivity index (χ1n) is 5.54. The van der Waals surface area contributed by atoms with E-state index in [4.69, 9.17) is 0 Å². The molecule has 1 N–H and O–H groups in total. The van der Waals surface area contributed by atoms with E-state index < -0.39 is 0 Å². The van der Waals surface area contributed by atoms with E-state index in [0.717, 1.165) is 30.3 Å². The predicted octanol–water partition coefficient (Wildman–Crippen LogP) is 1.18. The molecule has 86 valence electrons. The van der Waals surface area contributed by atoms with Crippen molar-refractivity contribution >= 4 is 5.65 Å². The standard InChI is InChI=1S/C11H17N5/c1-8(2)5-12-6-11-15-14-10-4-9(3)13-7-16(10)11/h4,7-8,12H,5-6H2,1-3H3. The molecule has 0 spiro atoms. The number of rotatable bonds is 4. The van der Waals surface area contributed by atoms with Crippen LogP contribution < -0.4 is 5.32 Å².